The minimum absolute atomic E-state index is 0.0624. The lowest BCUT2D eigenvalue weighted by Gasteiger charge is -2.25. The van der Waals surface area contributed by atoms with Gasteiger partial charge in [0, 0.05) is 6.42 Å². The van der Waals surface area contributed by atoms with Crippen LogP contribution in [0, 0.1) is 0 Å². The molecule has 3 atom stereocenters. The number of phosphoric ester groups is 1. The molecular formula is C70H132N2O6P+. The SMILES string of the molecule is CC/C=C\C/C=C\C/C=C\C/C=C\C/C=C\CCCCCCCCCCCCCCCCCCCCCCCCCCCC(=O)NC(COP(=O)(O)OCC[N+](C)(C)C)C(O)/C=C/CCCCCCCCCCCCCCCC. The first-order chi connectivity index (χ1) is 38.5. The van der Waals surface area contributed by atoms with E-state index in [1.165, 1.54) is 225 Å². The van der Waals surface area contributed by atoms with Gasteiger partial charge in [-0.1, -0.05) is 318 Å². The van der Waals surface area contributed by atoms with Crippen molar-refractivity contribution in [1.82, 2.24) is 5.32 Å². The molecule has 0 rings (SSSR count). The van der Waals surface area contributed by atoms with Crippen LogP contribution in [0.25, 0.3) is 0 Å². The van der Waals surface area contributed by atoms with Gasteiger partial charge in [-0.05, 0) is 64.2 Å². The molecule has 0 saturated carbocycles. The maximum absolute atomic E-state index is 13.0. The molecule has 3 N–H and O–H groups in total. The highest BCUT2D eigenvalue weighted by atomic mass is 31.2. The molecule has 0 aromatic heterocycles. The molecule has 0 fully saturated rings. The predicted octanol–water partition coefficient (Wildman–Crippen LogP) is 21.4. The standard InChI is InChI=1S/C70H131N2O6P/c1-6-8-10-12-14-16-18-20-22-24-25-26-27-28-29-30-31-32-33-34-35-36-37-38-39-40-41-42-43-44-45-46-47-48-50-52-54-56-58-60-62-64-70(74)71-68(67-78-79(75,76)77-66-65-72(3,4)5)69(73)63-61-59-57-55-53-51-49-23-21-19-17-15-13-11-9-7-2/h8,10,14,16,20,22,25-26,28-29,61,63,68-69,73H,6-7,9,11-13,15,17-19,21,23-24,27,30-60,62,64-67H2,1-5H3,(H-,71,74,75,76)/p+1/b10-8-,16-14-,22-20-,26-25-,29-28-,63-61+. The monoisotopic (exact) mass is 1130 g/mol. The van der Waals surface area contributed by atoms with Crippen LogP contribution in [0.4, 0.5) is 0 Å². The molecule has 8 nitrogen and oxygen atoms in total. The molecule has 0 aromatic rings. The Labute approximate surface area is 491 Å². The van der Waals surface area contributed by atoms with Crippen molar-refractivity contribution < 1.29 is 32.9 Å². The van der Waals surface area contributed by atoms with Crippen LogP contribution in [0.15, 0.2) is 72.9 Å². The van der Waals surface area contributed by atoms with E-state index in [9.17, 15) is 19.4 Å². The van der Waals surface area contributed by atoms with Gasteiger partial charge in [0.15, 0.2) is 0 Å². The van der Waals surface area contributed by atoms with Crippen LogP contribution in [0.5, 0.6) is 0 Å². The first kappa shape index (κ1) is 76.9. The number of amides is 1. The fraction of sp³-hybridized carbons (Fsp3) is 0.814. The molecule has 9 heteroatoms. The first-order valence-corrected chi connectivity index (χ1v) is 35.3. The molecule has 0 aromatic carbocycles. The lowest BCUT2D eigenvalue weighted by atomic mass is 10.0. The number of nitrogens with one attached hydrogen (secondary N) is 1. The van der Waals surface area contributed by atoms with Crippen LogP contribution in [-0.2, 0) is 18.4 Å². The lowest BCUT2D eigenvalue weighted by Crippen LogP contribution is -2.45. The summed E-state index contributed by atoms with van der Waals surface area (Å²) in [6, 6.07) is -0.846. The van der Waals surface area contributed by atoms with Crippen LogP contribution < -0.4 is 5.32 Å². The number of aliphatic hydroxyl groups is 1. The summed E-state index contributed by atoms with van der Waals surface area (Å²) in [5, 5.41) is 14.0. The summed E-state index contributed by atoms with van der Waals surface area (Å²) in [7, 11) is 1.58. The number of unbranched alkanes of at least 4 members (excludes halogenated alkanes) is 39. The van der Waals surface area contributed by atoms with E-state index >= 15 is 0 Å². The molecule has 0 radical (unpaired) electrons. The number of likely N-dealkylation sites (N-methyl/N-ethyl adjacent to an activating group) is 1. The maximum Gasteiger partial charge on any atom is 0.472 e. The van der Waals surface area contributed by atoms with Gasteiger partial charge in [-0.25, -0.2) is 4.57 Å². The van der Waals surface area contributed by atoms with Crippen LogP contribution in [0.2, 0.25) is 0 Å². The Bertz CT molecular complexity index is 1520. The van der Waals surface area contributed by atoms with Crippen LogP contribution in [0.3, 0.4) is 0 Å². The number of hydrogen-bond acceptors (Lipinski definition) is 5. The van der Waals surface area contributed by atoms with Gasteiger partial charge in [-0.15, -0.1) is 0 Å². The van der Waals surface area contributed by atoms with Crippen molar-refractivity contribution in [3.05, 3.63) is 72.9 Å². The van der Waals surface area contributed by atoms with E-state index in [4.69, 9.17) is 9.05 Å². The number of rotatable bonds is 62. The smallest absolute Gasteiger partial charge is 0.387 e. The zero-order chi connectivity index (χ0) is 57.7. The second-order valence-corrected chi connectivity index (χ2v) is 25.6. The van der Waals surface area contributed by atoms with E-state index in [0.29, 0.717) is 17.4 Å². The Morgan fingerprint density at radius 3 is 1.11 bits per heavy atom. The van der Waals surface area contributed by atoms with Crippen molar-refractivity contribution in [2.24, 2.45) is 0 Å². The van der Waals surface area contributed by atoms with Crippen molar-refractivity contribution in [2.75, 3.05) is 40.9 Å². The third-order valence-corrected chi connectivity index (χ3v) is 16.2. The largest absolute Gasteiger partial charge is 0.472 e. The van der Waals surface area contributed by atoms with E-state index < -0.39 is 20.0 Å². The Balaban J connectivity index is 3.90. The molecule has 0 saturated heterocycles. The van der Waals surface area contributed by atoms with Gasteiger partial charge >= 0.3 is 7.82 Å². The van der Waals surface area contributed by atoms with Gasteiger partial charge in [0.25, 0.3) is 0 Å². The Morgan fingerprint density at radius 1 is 0.443 bits per heavy atom. The average Bonchev–Trinajstić information content (AvgIpc) is 3.42. The number of aliphatic hydroxyl groups excluding tert-OH is 1. The number of hydrogen-bond donors (Lipinski definition) is 3. The predicted molar refractivity (Wildman–Crippen MR) is 346 cm³/mol. The molecule has 79 heavy (non-hydrogen) atoms. The van der Waals surface area contributed by atoms with Crippen LogP contribution >= 0.6 is 7.82 Å². The summed E-state index contributed by atoms with van der Waals surface area (Å²) < 4.78 is 23.8. The highest BCUT2D eigenvalue weighted by Crippen LogP contribution is 2.43. The number of allylic oxidation sites excluding steroid dienone is 11. The second-order valence-electron chi connectivity index (χ2n) is 24.2. The Morgan fingerprint density at radius 2 is 0.759 bits per heavy atom. The normalized spacial score (nSPS) is 14.2. The van der Waals surface area contributed by atoms with E-state index in [1.807, 2.05) is 27.2 Å². The fourth-order valence-corrected chi connectivity index (χ4v) is 10.7. The van der Waals surface area contributed by atoms with E-state index in [0.717, 1.165) is 70.6 Å². The molecule has 462 valence electrons. The molecule has 0 aliphatic carbocycles. The van der Waals surface area contributed by atoms with Gasteiger partial charge in [-0.3, -0.25) is 13.8 Å². The van der Waals surface area contributed by atoms with E-state index in [1.54, 1.807) is 6.08 Å². The zero-order valence-electron chi connectivity index (χ0n) is 52.9. The number of quaternary nitrogens is 1. The lowest BCUT2D eigenvalue weighted by molar-refractivity contribution is -0.870. The van der Waals surface area contributed by atoms with Gasteiger partial charge in [0.05, 0.1) is 39.9 Å². The number of nitrogens with zero attached hydrogens (tertiary/aromatic N) is 1. The Kier molecular flexibility index (Phi) is 59.0. The molecule has 3 unspecified atom stereocenters. The quantitative estimate of drug-likeness (QED) is 0.0243. The molecule has 1 amide bonds. The van der Waals surface area contributed by atoms with Gasteiger partial charge in [0.2, 0.25) is 5.91 Å². The van der Waals surface area contributed by atoms with E-state index in [2.05, 4.69) is 79.9 Å². The summed E-state index contributed by atoms with van der Waals surface area (Å²) in [5.41, 5.74) is 0. The molecule has 0 spiro atoms. The number of carbonyl (C=O) groups excluding carboxylic acids is 1. The molecule has 0 aliphatic rings. The molecule has 0 heterocycles. The first-order valence-electron chi connectivity index (χ1n) is 33.8. The van der Waals surface area contributed by atoms with E-state index in [-0.39, 0.29) is 19.1 Å². The highest BCUT2D eigenvalue weighted by molar-refractivity contribution is 7.47. The summed E-state index contributed by atoms with van der Waals surface area (Å²) in [6.45, 7) is 4.73. The van der Waals surface area contributed by atoms with Crippen LogP contribution in [-0.4, -0.2) is 73.4 Å². The number of phosphoric acid groups is 1. The molecule has 0 aliphatic heterocycles. The topological polar surface area (TPSA) is 105 Å². The van der Waals surface area contributed by atoms with Crippen molar-refractivity contribution >= 4 is 13.7 Å². The van der Waals surface area contributed by atoms with Crippen molar-refractivity contribution in [3.63, 3.8) is 0 Å². The molecular weight excluding hydrogens is 996 g/mol. The minimum atomic E-state index is -4.35. The zero-order valence-corrected chi connectivity index (χ0v) is 53.8. The fourth-order valence-electron chi connectivity index (χ4n) is 9.96. The van der Waals surface area contributed by atoms with Gasteiger partial charge in [0.1, 0.15) is 13.2 Å². The second kappa shape index (κ2) is 60.5. The average molecular weight is 1130 g/mol. The van der Waals surface area contributed by atoms with Gasteiger partial charge in [-0.2, -0.15) is 0 Å². The van der Waals surface area contributed by atoms with Gasteiger partial charge < -0.3 is 19.8 Å². The Hall–Kier alpha value is -2.06. The summed E-state index contributed by atoms with van der Waals surface area (Å²) in [4.78, 5) is 23.4. The van der Waals surface area contributed by atoms with Crippen molar-refractivity contribution in [1.29, 1.82) is 0 Å². The van der Waals surface area contributed by atoms with Crippen molar-refractivity contribution in [3.8, 4) is 0 Å². The number of carbonyl (C=O) groups is 1. The third kappa shape index (κ3) is 63.4. The van der Waals surface area contributed by atoms with Crippen LogP contribution in [0.1, 0.15) is 316 Å². The summed E-state index contributed by atoms with van der Waals surface area (Å²) in [5.74, 6) is -0.172. The summed E-state index contributed by atoms with van der Waals surface area (Å²) in [6.07, 6.45) is 84.8. The van der Waals surface area contributed by atoms with Crippen molar-refractivity contribution in [2.45, 2.75) is 328 Å². The maximum atomic E-state index is 13.0. The highest BCUT2D eigenvalue weighted by Gasteiger charge is 2.28. The molecule has 0 bridgehead atoms. The summed E-state index contributed by atoms with van der Waals surface area (Å²) >= 11 is 0. The third-order valence-electron chi connectivity index (χ3n) is 15.2. The minimum Gasteiger partial charge on any atom is -0.387 e.